The first-order chi connectivity index (χ1) is 18.2. The van der Waals surface area contributed by atoms with Crippen molar-refractivity contribution in [3.63, 3.8) is 0 Å². The molecule has 10 nitrogen and oxygen atoms in total. The minimum Gasteiger partial charge on any atom is -0.456 e. The fraction of sp³-hybridized carbons (Fsp3) is 0.407. The number of halogens is 1. The van der Waals surface area contributed by atoms with E-state index in [1.54, 1.807) is 0 Å². The first-order valence-electron chi connectivity index (χ1n) is 12.1. The number of fused-ring (bicyclic) bond motifs is 3. The van der Waals surface area contributed by atoms with E-state index in [0.29, 0.717) is 0 Å². The van der Waals surface area contributed by atoms with Gasteiger partial charge >= 0.3 is 24.0 Å². The van der Waals surface area contributed by atoms with Gasteiger partial charge in [0.2, 0.25) is 0 Å². The second-order valence-electron chi connectivity index (χ2n) is 8.95. The van der Waals surface area contributed by atoms with Gasteiger partial charge in [-0.3, -0.25) is 14.4 Å². The van der Waals surface area contributed by atoms with Gasteiger partial charge in [-0.1, -0.05) is 64.5 Å². The molecule has 5 atom stereocenters. The highest BCUT2D eigenvalue weighted by Gasteiger charge is 2.51. The van der Waals surface area contributed by atoms with Gasteiger partial charge in [0, 0.05) is 26.7 Å². The molecule has 0 saturated carbocycles. The lowest BCUT2D eigenvalue weighted by Gasteiger charge is -2.43. The van der Waals surface area contributed by atoms with Crippen molar-refractivity contribution in [2.24, 2.45) is 0 Å². The molecular formula is C27H28BrNO9. The molecule has 38 heavy (non-hydrogen) atoms. The van der Waals surface area contributed by atoms with E-state index < -0.39 is 53.4 Å². The summed E-state index contributed by atoms with van der Waals surface area (Å²) in [7, 11) is 0. The zero-order valence-corrected chi connectivity index (χ0v) is 22.6. The van der Waals surface area contributed by atoms with Crippen LogP contribution >= 0.6 is 15.9 Å². The molecule has 0 unspecified atom stereocenters. The molecule has 1 saturated heterocycles. The van der Waals surface area contributed by atoms with E-state index in [1.165, 1.54) is 20.8 Å². The Labute approximate surface area is 228 Å². The van der Waals surface area contributed by atoms with Crippen LogP contribution in [0.4, 0.5) is 4.79 Å². The maximum absolute atomic E-state index is 12.7. The van der Waals surface area contributed by atoms with Crippen LogP contribution in [-0.4, -0.2) is 66.6 Å². The smallest absolute Gasteiger partial charge is 0.407 e. The number of carbonyl (C=O) groups excluding carboxylic acids is 4. The van der Waals surface area contributed by atoms with E-state index in [9.17, 15) is 19.2 Å². The third kappa shape index (κ3) is 6.16. The van der Waals surface area contributed by atoms with E-state index in [0.717, 1.165) is 22.3 Å². The predicted octanol–water partition coefficient (Wildman–Crippen LogP) is 3.44. The van der Waals surface area contributed by atoms with Crippen molar-refractivity contribution >= 4 is 39.9 Å². The van der Waals surface area contributed by atoms with E-state index in [4.69, 9.17) is 23.7 Å². The molecule has 0 radical (unpaired) electrons. The summed E-state index contributed by atoms with van der Waals surface area (Å²) >= 11 is 3.29. The second-order valence-corrected chi connectivity index (χ2v) is 9.86. The first-order valence-corrected chi connectivity index (χ1v) is 13.0. The molecule has 1 fully saturated rings. The molecule has 11 heteroatoms. The molecular weight excluding hydrogens is 562 g/mol. The Kier molecular flexibility index (Phi) is 8.68. The van der Waals surface area contributed by atoms with Crippen LogP contribution in [-0.2, 0) is 38.1 Å². The van der Waals surface area contributed by atoms with E-state index >= 15 is 0 Å². The van der Waals surface area contributed by atoms with Gasteiger partial charge in [0.1, 0.15) is 12.7 Å². The summed E-state index contributed by atoms with van der Waals surface area (Å²) in [4.78, 5) is 47.9. The molecule has 2 aliphatic rings. The van der Waals surface area contributed by atoms with Crippen molar-refractivity contribution < 1.29 is 42.9 Å². The van der Waals surface area contributed by atoms with Gasteiger partial charge < -0.3 is 29.0 Å². The molecule has 1 amide bonds. The molecule has 2 aromatic rings. The van der Waals surface area contributed by atoms with E-state index in [2.05, 4.69) is 21.2 Å². The topological polar surface area (TPSA) is 126 Å². The van der Waals surface area contributed by atoms with Crippen LogP contribution in [0.25, 0.3) is 11.1 Å². The molecule has 2 aromatic carbocycles. The quantitative estimate of drug-likeness (QED) is 0.293. The molecule has 1 aliphatic heterocycles. The Morgan fingerprint density at radius 1 is 0.789 bits per heavy atom. The van der Waals surface area contributed by atoms with Crippen molar-refractivity contribution in [3.8, 4) is 11.1 Å². The first kappa shape index (κ1) is 27.6. The lowest BCUT2D eigenvalue weighted by atomic mass is 9.98. The number of ether oxygens (including phenoxy) is 5. The summed E-state index contributed by atoms with van der Waals surface area (Å²) < 4.78 is 27.4. The zero-order valence-electron chi connectivity index (χ0n) is 21.0. The maximum atomic E-state index is 12.7. The zero-order chi connectivity index (χ0) is 27.4. The maximum Gasteiger partial charge on any atom is 0.407 e. The minimum atomic E-state index is -1.17. The van der Waals surface area contributed by atoms with Crippen LogP contribution in [0.15, 0.2) is 48.5 Å². The number of nitrogens with one attached hydrogen (secondary N) is 1. The Morgan fingerprint density at radius 3 is 1.84 bits per heavy atom. The van der Waals surface area contributed by atoms with Crippen molar-refractivity contribution in [3.05, 3.63) is 59.7 Å². The van der Waals surface area contributed by atoms with Gasteiger partial charge in [0.05, 0.1) is 6.54 Å². The standard InChI is InChI=1S/C27H28BrNO9/c1-14(30)35-23-22(38-26(28)25(37-16(3)32)24(23)36-15(2)31)12-29-27(33)34-13-21-19-10-6-4-8-17(19)18-9-5-7-11-20(18)21/h4-11,21-26H,12-13H2,1-3H3,(H,29,33)/t22-,23+,24+,25-,26+/m1/s1. The van der Waals surface area contributed by atoms with Crippen molar-refractivity contribution in [2.75, 3.05) is 13.2 Å². The molecule has 202 valence electrons. The summed E-state index contributed by atoms with van der Waals surface area (Å²) in [6.07, 6.45) is -5.07. The third-order valence-corrected chi connectivity index (χ3v) is 7.01. The van der Waals surface area contributed by atoms with Crippen LogP contribution in [0.1, 0.15) is 37.8 Å². The van der Waals surface area contributed by atoms with Gasteiger partial charge in [-0.2, -0.15) is 0 Å². The van der Waals surface area contributed by atoms with Crippen LogP contribution in [0.5, 0.6) is 0 Å². The molecule has 0 bridgehead atoms. The number of hydrogen-bond acceptors (Lipinski definition) is 9. The van der Waals surface area contributed by atoms with Gasteiger partial charge in [-0.05, 0) is 22.3 Å². The fourth-order valence-electron chi connectivity index (χ4n) is 4.84. The highest BCUT2D eigenvalue weighted by atomic mass is 79.9. The van der Waals surface area contributed by atoms with Crippen molar-refractivity contribution in [1.29, 1.82) is 0 Å². The Morgan fingerprint density at radius 2 is 1.29 bits per heavy atom. The third-order valence-electron chi connectivity index (χ3n) is 6.27. The normalized spacial score (nSPS) is 23.9. The highest BCUT2D eigenvalue weighted by molar-refractivity contribution is 9.09. The number of alkyl carbamates (subject to hydrolysis) is 1. The molecule has 1 N–H and O–H groups in total. The minimum absolute atomic E-state index is 0.113. The number of amides is 1. The van der Waals surface area contributed by atoms with Crippen LogP contribution in [0.3, 0.4) is 0 Å². The largest absolute Gasteiger partial charge is 0.456 e. The monoisotopic (exact) mass is 589 g/mol. The van der Waals surface area contributed by atoms with Crippen LogP contribution in [0, 0.1) is 0 Å². The van der Waals surface area contributed by atoms with Gasteiger partial charge in [0.25, 0.3) is 0 Å². The summed E-state index contributed by atoms with van der Waals surface area (Å²) in [5.41, 5.74) is 4.38. The summed E-state index contributed by atoms with van der Waals surface area (Å²) in [5.74, 6) is -2.10. The Hall–Kier alpha value is -3.44. The summed E-state index contributed by atoms with van der Waals surface area (Å²) in [6.45, 7) is 3.53. The molecule has 1 heterocycles. The average molecular weight is 590 g/mol. The Balaban J connectivity index is 1.43. The van der Waals surface area contributed by atoms with Crippen molar-refractivity contribution in [2.45, 2.75) is 56.1 Å². The number of hydrogen-bond donors (Lipinski definition) is 1. The molecule has 4 rings (SSSR count). The van der Waals surface area contributed by atoms with Gasteiger partial charge in [-0.25, -0.2) is 4.79 Å². The number of alkyl halides is 1. The molecule has 0 aromatic heterocycles. The number of esters is 3. The summed E-state index contributed by atoms with van der Waals surface area (Å²) in [5, 5.41) is 1.73. The van der Waals surface area contributed by atoms with Gasteiger partial charge in [-0.15, -0.1) is 0 Å². The molecule has 1 aliphatic carbocycles. The average Bonchev–Trinajstić information content (AvgIpc) is 3.18. The second kappa shape index (κ2) is 12.0. The lowest BCUT2D eigenvalue weighted by Crippen LogP contribution is -2.62. The van der Waals surface area contributed by atoms with E-state index in [1.807, 2.05) is 48.5 Å². The van der Waals surface area contributed by atoms with Crippen molar-refractivity contribution in [1.82, 2.24) is 5.32 Å². The van der Waals surface area contributed by atoms with E-state index in [-0.39, 0.29) is 19.1 Å². The predicted molar refractivity (Wildman–Crippen MR) is 137 cm³/mol. The Bertz CT molecular complexity index is 1170. The van der Waals surface area contributed by atoms with Gasteiger partial charge in [0.15, 0.2) is 23.3 Å². The number of carbonyl (C=O) groups is 4. The van der Waals surface area contributed by atoms with Crippen LogP contribution < -0.4 is 5.32 Å². The fourth-order valence-corrected chi connectivity index (χ4v) is 5.53. The SMILES string of the molecule is CC(=O)O[C@@H]1[C@@H](OC(C)=O)[C@@H](Br)O[C@H](CNC(=O)OCC2c3ccccc3-c3ccccc32)[C@@H]1OC(C)=O. The molecule has 0 spiro atoms. The lowest BCUT2D eigenvalue weighted by molar-refractivity contribution is -0.229. The number of benzene rings is 2. The summed E-state index contributed by atoms with van der Waals surface area (Å²) in [6, 6.07) is 16.0. The highest BCUT2D eigenvalue weighted by Crippen LogP contribution is 2.44. The van der Waals surface area contributed by atoms with Crippen LogP contribution in [0.2, 0.25) is 0 Å². The number of rotatable bonds is 7.